The predicted octanol–water partition coefficient (Wildman–Crippen LogP) is 3.88. The number of benzene rings is 1. The van der Waals surface area contributed by atoms with Gasteiger partial charge in [0.2, 0.25) is 0 Å². The lowest BCUT2D eigenvalue weighted by molar-refractivity contribution is -0.137. The van der Waals surface area contributed by atoms with Gasteiger partial charge in [-0.15, -0.1) is 6.58 Å². The highest BCUT2D eigenvalue weighted by atomic mass is 35.5. The molecule has 1 heterocycles. The van der Waals surface area contributed by atoms with E-state index in [1.165, 1.54) is 12.1 Å². The van der Waals surface area contributed by atoms with Gasteiger partial charge in [-0.3, -0.25) is 4.90 Å². The molecule has 0 aliphatic carbocycles. The van der Waals surface area contributed by atoms with Gasteiger partial charge in [0.05, 0.1) is 5.56 Å². The Kier molecular flexibility index (Phi) is 5.30. The van der Waals surface area contributed by atoms with Crippen molar-refractivity contribution in [2.45, 2.75) is 18.6 Å². The van der Waals surface area contributed by atoms with E-state index in [2.05, 4.69) is 16.8 Å². The third-order valence-electron chi connectivity index (χ3n) is 3.66. The summed E-state index contributed by atoms with van der Waals surface area (Å²) in [6.45, 7) is 6.93. The number of piperazine rings is 1. The molecule has 1 aromatic carbocycles. The first-order valence-electron chi connectivity index (χ1n) is 6.86. The van der Waals surface area contributed by atoms with Gasteiger partial charge in [-0.2, -0.15) is 13.2 Å². The molecule has 1 N–H and O–H groups in total. The van der Waals surface area contributed by atoms with Gasteiger partial charge in [0.15, 0.2) is 0 Å². The van der Waals surface area contributed by atoms with Crippen LogP contribution in [0.1, 0.15) is 23.6 Å². The molecule has 6 heteroatoms. The minimum absolute atomic E-state index is 0.167. The summed E-state index contributed by atoms with van der Waals surface area (Å²) in [5.74, 6) is 0. The fourth-order valence-electron chi connectivity index (χ4n) is 2.60. The molecule has 2 rings (SSSR count). The van der Waals surface area contributed by atoms with Crippen LogP contribution in [0, 0.1) is 0 Å². The van der Waals surface area contributed by atoms with Crippen LogP contribution < -0.4 is 5.32 Å². The van der Waals surface area contributed by atoms with Crippen molar-refractivity contribution in [1.29, 1.82) is 0 Å². The van der Waals surface area contributed by atoms with Gasteiger partial charge in [0, 0.05) is 37.2 Å². The van der Waals surface area contributed by atoms with Crippen LogP contribution in [0.3, 0.4) is 0 Å². The standard InChI is InChI=1S/C15H18ClF3N2/c1-2-3-14(21-8-6-20-7-9-21)12-10-11(15(17,18)19)4-5-13(12)16/h2,4-5,10,14,20H,1,3,6-9H2/t14-/m0/s1. The van der Waals surface area contributed by atoms with E-state index < -0.39 is 11.7 Å². The summed E-state index contributed by atoms with van der Waals surface area (Å²) in [5.41, 5.74) is -0.139. The molecule has 0 saturated carbocycles. The number of halogens is 4. The SMILES string of the molecule is C=CC[C@@H](c1cc(C(F)(F)F)ccc1Cl)N1CCNCC1. The molecule has 0 aromatic heterocycles. The van der Waals surface area contributed by atoms with Crippen molar-refractivity contribution in [2.75, 3.05) is 26.2 Å². The zero-order valence-corrected chi connectivity index (χ0v) is 12.3. The molecule has 116 valence electrons. The van der Waals surface area contributed by atoms with Crippen molar-refractivity contribution in [3.05, 3.63) is 47.0 Å². The van der Waals surface area contributed by atoms with Crippen LogP contribution in [-0.4, -0.2) is 31.1 Å². The first-order valence-corrected chi connectivity index (χ1v) is 7.23. The second-order valence-corrected chi connectivity index (χ2v) is 5.47. The highest BCUT2D eigenvalue weighted by molar-refractivity contribution is 6.31. The summed E-state index contributed by atoms with van der Waals surface area (Å²) in [4.78, 5) is 2.15. The van der Waals surface area contributed by atoms with Crippen LogP contribution >= 0.6 is 11.6 Å². The van der Waals surface area contributed by atoms with Crippen molar-refractivity contribution < 1.29 is 13.2 Å². The molecule has 1 aromatic rings. The molecule has 0 radical (unpaired) electrons. The average molecular weight is 319 g/mol. The summed E-state index contributed by atoms with van der Waals surface area (Å²) < 4.78 is 38.7. The Bertz CT molecular complexity index is 496. The number of rotatable bonds is 4. The highest BCUT2D eigenvalue weighted by Crippen LogP contribution is 2.36. The van der Waals surface area contributed by atoms with Crippen LogP contribution in [0.4, 0.5) is 13.2 Å². The zero-order valence-electron chi connectivity index (χ0n) is 11.6. The van der Waals surface area contributed by atoms with E-state index in [4.69, 9.17) is 11.6 Å². The van der Waals surface area contributed by atoms with Gasteiger partial charge >= 0.3 is 6.18 Å². The third kappa shape index (κ3) is 3.99. The first-order chi connectivity index (χ1) is 9.93. The smallest absolute Gasteiger partial charge is 0.314 e. The fraction of sp³-hybridized carbons (Fsp3) is 0.467. The van der Waals surface area contributed by atoms with E-state index in [1.54, 1.807) is 6.08 Å². The van der Waals surface area contributed by atoms with Crippen molar-refractivity contribution >= 4 is 11.6 Å². The predicted molar refractivity (Wildman–Crippen MR) is 78.5 cm³/mol. The molecule has 0 amide bonds. The minimum atomic E-state index is -4.36. The maximum atomic E-state index is 12.9. The van der Waals surface area contributed by atoms with Gasteiger partial charge in [-0.1, -0.05) is 17.7 Å². The molecule has 1 saturated heterocycles. The Labute approximate surface area is 127 Å². The molecule has 1 aliphatic heterocycles. The van der Waals surface area contributed by atoms with Crippen molar-refractivity contribution in [3.63, 3.8) is 0 Å². The Morgan fingerprint density at radius 3 is 2.57 bits per heavy atom. The van der Waals surface area contributed by atoms with Gasteiger partial charge in [-0.05, 0) is 30.2 Å². The summed E-state index contributed by atoms with van der Waals surface area (Å²) in [5, 5.41) is 3.60. The topological polar surface area (TPSA) is 15.3 Å². The maximum Gasteiger partial charge on any atom is 0.416 e. The second kappa shape index (κ2) is 6.81. The summed E-state index contributed by atoms with van der Waals surface area (Å²) in [6, 6.07) is 3.35. The number of nitrogens with zero attached hydrogens (tertiary/aromatic N) is 1. The summed E-state index contributed by atoms with van der Waals surface area (Å²) in [6.07, 6.45) is -2.06. The molecule has 0 spiro atoms. The molecular weight excluding hydrogens is 301 g/mol. The normalized spacial score (nSPS) is 18.5. The van der Waals surface area contributed by atoms with Crippen LogP contribution in [0.25, 0.3) is 0 Å². The number of nitrogens with one attached hydrogen (secondary N) is 1. The lowest BCUT2D eigenvalue weighted by Crippen LogP contribution is -2.45. The first kappa shape index (κ1) is 16.3. The fourth-order valence-corrected chi connectivity index (χ4v) is 2.84. The maximum absolute atomic E-state index is 12.9. The van der Waals surface area contributed by atoms with E-state index >= 15 is 0 Å². The largest absolute Gasteiger partial charge is 0.416 e. The summed E-state index contributed by atoms with van der Waals surface area (Å²) >= 11 is 6.15. The molecule has 1 aliphatic rings. The van der Waals surface area contributed by atoms with Crippen LogP contribution in [0.5, 0.6) is 0 Å². The molecule has 21 heavy (non-hydrogen) atoms. The minimum Gasteiger partial charge on any atom is -0.314 e. The van der Waals surface area contributed by atoms with Crippen LogP contribution in [0.15, 0.2) is 30.9 Å². The molecular formula is C15H18ClF3N2. The number of alkyl halides is 3. The van der Waals surface area contributed by atoms with Gasteiger partial charge in [0.1, 0.15) is 0 Å². The Morgan fingerprint density at radius 2 is 2.00 bits per heavy atom. The lowest BCUT2D eigenvalue weighted by Gasteiger charge is -2.35. The van der Waals surface area contributed by atoms with Crippen LogP contribution in [0.2, 0.25) is 5.02 Å². The van der Waals surface area contributed by atoms with Gasteiger partial charge in [-0.25, -0.2) is 0 Å². The van der Waals surface area contributed by atoms with Crippen molar-refractivity contribution in [2.24, 2.45) is 0 Å². The Hall–Kier alpha value is -1.04. The highest BCUT2D eigenvalue weighted by Gasteiger charge is 2.32. The average Bonchev–Trinajstić information content (AvgIpc) is 2.45. The van der Waals surface area contributed by atoms with E-state index in [1.807, 2.05) is 0 Å². The van der Waals surface area contributed by atoms with E-state index in [0.717, 1.165) is 32.2 Å². The van der Waals surface area contributed by atoms with Crippen molar-refractivity contribution in [1.82, 2.24) is 10.2 Å². The van der Waals surface area contributed by atoms with E-state index in [9.17, 15) is 13.2 Å². The van der Waals surface area contributed by atoms with E-state index in [-0.39, 0.29) is 6.04 Å². The molecule has 1 atom stereocenters. The lowest BCUT2D eigenvalue weighted by atomic mass is 9.98. The Balaban J connectivity index is 2.36. The van der Waals surface area contributed by atoms with Gasteiger partial charge < -0.3 is 5.32 Å². The molecule has 2 nitrogen and oxygen atoms in total. The third-order valence-corrected chi connectivity index (χ3v) is 4.01. The Morgan fingerprint density at radius 1 is 1.33 bits per heavy atom. The van der Waals surface area contributed by atoms with Gasteiger partial charge in [0.25, 0.3) is 0 Å². The van der Waals surface area contributed by atoms with Crippen molar-refractivity contribution in [3.8, 4) is 0 Å². The number of hydrogen-bond donors (Lipinski definition) is 1. The molecule has 0 bridgehead atoms. The molecule has 1 fully saturated rings. The zero-order chi connectivity index (χ0) is 15.5. The monoisotopic (exact) mass is 318 g/mol. The molecule has 0 unspecified atom stereocenters. The quantitative estimate of drug-likeness (QED) is 0.848. The van der Waals surface area contributed by atoms with Crippen LogP contribution in [-0.2, 0) is 6.18 Å². The van der Waals surface area contributed by atoms with E-state index in [0.29, 0.717) is 17.0 Å². The second-order valence-electron chi connectivity index (χ2n) is 5.06. The number of hydrogen-bond acceptors (Lipinski definition) is 2. The summed E-state index contributed by atoms with van der Waals surface area (Å²) in [7, 11) is 0.